The standard InChI is InChI=1S/C23H40N4O2/c1-19-9-8-15-27(18-19)14-7-6-13-25-23(24-2)26(3)16-12-20-10-11-21(28-4)22(17-20)29-5/h10-11,17,19H,6-9,12-16,18H2,1-5H3,(H,24,25). The second kappa shape index (κ2) is 12.6. The van der Waals surface area contributed by atoms with Crippen molar-refractivity contribution >= 4 is 5.96 Å². The van der Waals surface area contributed by atoms with Crippen molar-refractivity contribution in [2.45, 2.75) is 39.0 Å². The van der Waals surface area contributed by atoms with Gasteiger partial charge in [0, 0.05) is 33.7 Å². The molecule has 1 aliphatic heterocycles. The van der Waals surface area contributed by atoms with Crippen LogP contribution in [0.5, 0.6) is 11.5 Å². The number of nitrogens with one attached hydrogen (secondary N) is 1. The fourth-order valence-electron chi connectivity index (χ4n) is 3.97. The summed E-state index contributed by atoms with van der Waals surface area (Å²) in [6, 6.07) is 6.10. The number of aliphatic imine (C=N–C) groups is 1. The van der Waals surface area contributed by atoms with Crippen molar-refractivity contribution < 1.29 is 9.47 Å². The average molecular weight is 405 g/mol. The van der Waals surface area contributed by atoms with Gasteiger partial charge in [-0.25, -0.2) is 0 Å². The molecule has 1 aliphatic rings. The van der Waals surface area contributed by atoms with Gasteiger partial charge in [-0.05, 0) is 68.8 Å². The van der Waals surface area contributed by atoms with Gasteiger partial charge < -0.3 is 24.6 Å². The largest absolute Gasteiger partial charge is 0.493 e. The van der Waals surface area contributed by atoms with E-state index in [1.807, 2.05) is 19.2 Å². The highest BCUT2D eigenvalue weighted by Gasteiger charge is 2.15. The first kappa shape index (κ1) is 23.3. The van der Waals surface area contributed by atoms with Crippen LogP contribution >= 0.6 is 0 Å². The van der Waals surface area contributed by atoms with Gasteiger partial charge >= 0.3 is 0 Å². The lowest BCUT2D eigenvalue weighted by atomic mass is 10.0. The molecule has 0 aliphatic carbocycles. The Bertz CT molecular complexity index is 635. The summed E-state index contributed by atoms with van der Waals surface area (Å²) < 4.78 is 10.7. The van der Waals surface area contributed by atoms with Crippen LogP contribution in [0, 0.1) is 5.92 Å². The monoisotopic (exact) mass is 404 g/mol. The molecule has 1 N–H and O–H groups in total. The van der Waals surface area contributed by atoms with Crippen LogP contribution in [0.15, 0.2) is 23.2 Å². The summed E-state index contributed by atoms with van der Waals surface area (Å²) in [5.74, 6) is 3.36. The van der Waals surface area contributed by atoms with Gasteiger partial charge in [-0.1, -0.05) is 13.0 Å². The van der Waals surface area contributed by atoms with E-state index in [0.717, 1.165) is 42.9 Å². The molecule has 1 unspecified atom stereocenters. The molecule has 2 rings (SSSR count). The minimum absolute atomic E-state index is 0.765. The lowest BCUT2D eigenvalue weighted by Gasteiger charge is -2.30. The number of benzene rings is 1. The molecule has 0 spiro atoms. The first-order valence-corrected chi connectivity index (χ1v) is 10.9. The molecule has 1 atom stereocenters. The molecule has 29 heavy (non-hydrogen) atoms. The molecule has 0 aromatic heterocycles. The number of hydrogen-bond acceptors (Lipinski definition) is 4. The molecule has 1 fully saturated rings. The number of likely N-dealkylation sites (N-methyl/N-ethyl adjacent to an activating group) is 1. The lowest BCUT2D eigenvalue weighted by Crippen LogP contribution is -2.40. The Morgan fingerprint density at radius 1 is 1.24 bits per heavy atom. The van der Waals surface area contributed by atoms with Crippen LogP contribution in [0.2, 0.25) is 0 Å². The number of rotatable bonds is 10. The number of nitrogens with zero attached hydrogens (tertiary/aromatic N) is 3. The molecule has 0 saturated carbocycles. The van der Waals surface area contributed by atoms with Gasteiger partial charge in [0.15, 0.2) is 17.5 Å². The van der Waals surface area contributed by atoms with Crippen LogP contribution in [0.25, 0.3) is 0 Å². The van der Waals surface area contributed by atoms with Gasteiger partial charge in [0.25, 0.3) is 0 Å². The third-order valence-corrected chi connectivity index (χ3v) is 5.68. The molecule has 6 nitrogen and oxygen atoms in total. The van der Waals surface area contributed by atoms with Crippen LogP contribution < -0.4 is 14.8 Å². The van der Waals surface area contributed by atoms with Crippen molar-refractivity contribution in [2.75, 3.05) is 61.0 Å². The van der Waals surface area contributed by atoms with Crippen LogP contribution in [0.4, 0.5) is 0 Å². The Balaban J connectivity index is 1.68. The Morgan fingerprint density at radius 3 is 2.72 bits per heavy atom. The topological polar surface area (TPSA) is 49.3 Å². The minimum Gasteiger partial charge on any atom is -0.493 e. The van der Waals surface area contributed by atoms with Gasteiger partial charge in [-0.15, -0.1) is 0 Å². The van der Waals surface area contributed by atoms with E-state index in [0.29, 0.717) is 0 Å². The number of ether oxygens (including phenoxy) is 2. The summed E-state index contributed by atoms with van der Waals surface area (Å²) in [5, 5.41) is 3.51. The van der Waals surface area contributed by atoms with E-state index in [4.69, 9.17) is 9.47 Å². The van der Waals surface area contributed by atoms with E-state index >= 15 is 0 Å². The highest BCUT2D eigenvalue weighted by molar-refractivity contribution is 5.79. The van der Waals surface area contributed by atoms with Crippen molar-refractivity contribution in [1.29, 1.82) is 0 Å². The highest BCUT2D eigenvalue weighted by Crippen LogP contribution is 2.27. The predicted molar refractivity (Wildman–Crippen MR) is 121 cm³/mol. The van der Waals surface area contributed by atoms with E-state index in [1.165, 1.54) is 50.9 Å². The van der Waals surface area contributed by atoms with Gasteiger partial charge in [0.2, 0.25) is 0 Å². The van der Waals surface area contributed by atoms with Gasteiger partial charge in [0.05, 0.1) is 14.2 Å². The van der Waals surface area contributed by atoms with E-state index in [9.17, 15) is 0 Å². The second-order valence-corrected chi connectivity index (χ2v) is 8.09. The maximum atomic E-state index is 5.40. The third kappa shape index (κ3) is 7.77. The van der Waals surface area contributed by atoms with E-state index in [1.54, 1.807) is 14.2 Å². The fourth-order valence-corrected chi connectivity index (χ4v) is 3.97. The summed E-state index contributed by atoms with van der Waals surface area (Å²) in [6.07, 6.45) is 6.09. The highest BCUT2D eigenvalue weighted by atomic mass is 16.5. The van der Waals surface area contributed by atoms with Crippen molar-refractivity contribution in [3.8, 4) is 11.5 Å². The Hall–Kier alpha value is -1.95. The molecule has 6 heteroatoms. The molecule has 164 valence electrons. The van der Waals surface area contributed by atoms with E-state index < -0.39 is 0 Å². The zero-order chi connectivity index (χ0) is 21.1. The van der Waals surface area contributed by atoms with E-state index in [2.05, 4.69) is 40.1 Å². The van der Waals surface area contributed by atoms with Crippen molar-refractivity contribution in [3.63, 3.8) is 0 Å². The molecule has 1 heterocycles. The number of unbranched alkanes of at least 4 members (excludes halogenated alkanes) is 1. The molecule has 0 amide bonds. The summed E-state index contributed by atoms with van der Waals surface area (Å²) >= 11 is 0. The minimum atomic E-state index is 0.765. The Morgan fingerprint density at radius 2 is 2.03 bits per heavy atom. The zero-order valence-electron chi connectivity index (χ0n) is 19.0. The molecular formula is C23H40N4O2. The van der Waals surface area contributed by atoms with E-state index in [-0.39, 0.29) is 0 Å². The SMILES string of the molecule is CN=C(NCCCCN1CCCC(C)C1)N(C)CCc1ccc(OC)c(OC)c1. The second-order valence-electron chi connectivity index (χ2n) is 8.09. The molecule has 0 radical (unpaired) electrons. The van der Waals surface area contributed by atoms with Crippen LogP contribution in [-0.4, -0.2) is 76.8 Å². The normalized spacial score (nSPS) is 17.8. The quantitative estimate of drug-likeness (QED) is 0.368. The predicted octanol–water partition coefficient (Wildman–Crippen LogP) is 3.27. The lowest BCUT2D eigenvalue weighted by molar-refractivity contribution is 0.181. The van der Waals surface area contributed by atoms with Crippen LogP contribution in [0.3, 0.4) is 0 Å². The Kier molecular flexibility index (Phi) is 10.1. The number of guanidine groups is 1. The summed E-state index contributed by atoms with van der Waals surface area (Å²) in [6.45, 7) is 8.00. The maximum absolute atomic E-state index is 5.40. The molecule has 1 aromatic carbocycles. The van der Waals surface area contributed by atoms with Gasteiger partial charge in [-0.2, -0.15) is 0 Å². The summed E-state index contributed by atoms with van der Waals surface area (Å²) in [4.78, 5) is 9.24. The van der Waals surface area contributed by atoms with Crippen molar-refractivity contribution in [1.82, 2.24) is 15.1 Å². The molecule has 0 bridgehead atoms. The number of methoxy groups -OCH3 is 2. The van der Waals surface area contributed by atoms with Crippen molar-refractivity contribution in [3.05, 3.63) is 23.8 Å². The summed E-state index contributed by atoms with van der Waals surface area (Å²) in [5.41, 5.74) is 1.22. The molecule has 1 aromatic rings. The summed E-state index contributed by atoms with van der Waals surface area (Å²) in [7, 11) is 7.27. The first-order chi connectivity index (χ1) is 14.1. The zero-order valence-corrected chi connectivity index (χ0v) is 19.0. The van der Waals surface area contributed by atoms with Gasteiger partial charge in [-0.3, -0.25) is 4.99 Å². The number of piperidine rings is 1. The number of likely N-dealkylation sites (tertiary alicyclic amines) is 1. The molecule has 1 saturated heterocycles. The molecular weight excluding hydrogens is 364 g/mol. The van der Waals surface area contributed by atoms with Crippen LogP contribution in [0.1, 0.15) is 38.2 Å². The average Bonchev–Trinajstić information content (AvgIpc) is 2.74. The Labute approximate surface area is 177 Å². The first-order valence-electron chi connectivity index (χ1n) is 10.9. The fraction of sp³-hybridized carbons (Fsp3) is 0.696. The van der Waals surface area contributed by atoms with Gasteiger partial charge in [0.1, 0.15) is 0 Å². The smallest absolute Gasteiger partial charge is 0.193 e. The van der Waals surface area contributed by atoms with Crippen LogP contribution in [-0.2, 0) is 6.42 Å². The third-order valence-electron chi connectivity index (χ3n) is 5.68. The van der Waals surface area contributed by atoms with Crippen molar-refractivity contribution in [2.24, 2.45) is 10.9 Å². The maximum Gasteiger partial charge on any atom is 0.193 e. The number of hydrogen-bond donors (Lipinski definition) is 1.